The number of amides is 1. The fraction of sp³-hybridized carbons (Fsp3) is 0.588. The first-order valence-corrected chi connectivity index (χ1v) is 8.39. The van der Waals surface area contributed by atoms with Gasteiger partial charge in [0.1, 0.15) is 17.3 Å². The van der Waals surface area contributed by atoms with Crippen molar-refractivity contribution in [1.82, 2.24) is 5.32 Å². The summed E-state index contributed by atoms with van der Waals surface area (Å²) in [7, 11) is 0. The summed E-state index contributed by atoms with van der Waals surface area (Å²) >= 11 is 0. The van der Waals surface area contributed by atoms with Gasteiger partial charge in [-0.05, 0) is 37.3 Å². The van der Waals surface area contributed by atoms with E-state index in [0.717, 1.165) is 12.8 Å². The van der Waals surface area contributed by atoms with Crippen LogP contribution in [0.25, 0.3) is 0 Å². The second-order valence-corrected chi connectivity index (χ2v) is 6.49. The normalized spacial score (nSPS) is 21.5. The quantitative estimate of drug-likeness (QED) is 0.797. The summed E-state index contributed by atoms with van der Waals surface area (Å²) < 4.78 is 33.0. The summed E-state index contributed by atoms with van der Waals surface area (Å²) in [5.74, 6) is -1.23. The van der Waals surface area contributed by atoms with E-state index >= 15 is 0 Å². The Morgan fingerprint density at radius 1 is 1.19 bits per heavy atom. The molecule has 0 aromatic heterocycles. The van der Waals surface area contributed by atoms with E-state index in [4.69, 9.17) is 10.5 Å². The molecule has 2 aliphatic heterocycles. The molecule has 2 aliphatic rings. The maximum Gasteiger partial charge on any atom is 0.237 e. The van der Waals surface area contributed by atoms with E-state index in [9.17, 15) is 13.6 Å². The zero-order valence-corrected chi connectivity index (χ0v) is 16.0. The van der Waals surface area contributed by atoms with Crippen molar-refractivity contribution < 1.29 is 18.3 Å². The first-order chi connectivity index (χ1) is 11.6. The third-order valence-corrected chi connectivity index (χ3v) is 4.86. The fourth-order valence-electron chi connectivity index (χ4n) is 3.46. The van der Waals surface area contributed by atoms with Crippen molar-refractivity contribution >= 4 is 36.4 Å². The number of nitrogens with zero attached hydrogens (tertiary/aromatic N) is 1. The Morgan fingerprint density at radius 2 is 1.81 bits per heavy atom. The largest absolute Gasteiger partial charge is 0.381 e. The van der Waals surface area contributed by atoms with Crippen LogP contribution in [-0.2, 0) is 9.53 Å². The average Bonchev–Trinajstić information content (AvgIpc) is 3.03. The van der Waals surface area contributed by atoms with Crippen LogP contribution in [-0.4, -0.2) is 44.3 Å². The molecule has 3 rings (SSSR count). The van der Waals surface area contributed by atoms with Gasteiger partial charge in [-0.2, -0.15) is 0 Å². The third kappa shape index (κ3) is 5.19. The molecule has 3 N–H and O–H groups in total. The second-order valence-electron chi connectivity index (χ2n) is 6.49. The number of halogens is 4. The number of para-hydroxylation sites is 1. The van der Waals surface area contributed by atoms with Crippen LogP contribution in [0, 0.1) is 17.6 Å². The molecule has 2 saturated heterocycles. The predicted molar refractivity (Wildman–Crippen MR) is 101 cm³/mol. The first kappa shape index (κ1) is 22.9. The van der Waals surface area contributed by atoms with Gasteiger partial charge in [0.05, 0.1) is 6.04 Å². The van der Waals surface area contributed by atoms with Crippen LogP contribution in [0.5, 0.6) is 0 Å². The number of anilines is 1. The van der Waals surface area contributed by atoms with Gasteiger partial charge in [-0.15, -0.1) is 24.8 Å². The van der Waals surface area contributed by atoms with E-state index in [2.05, 4.69) is 5.32 Å². The van der Waals surface area contributed by atoms with E-state index in [0.29, 0.717) is 32.7 Å². The number of carbonyl (C=O) groups is 1. The Hall–Kier alpha value is -1.15. The SMILES string of the molecule is Cl.Cl.NC(C(=O)NC1CCN(c2c(F)cccc2F)C1)C1CCOCC1. The summed E-state index contributed by atoms with van der Waals surface area (Å²) in [6.45, 7) is 2.14. The molecular weight excluding hydrogens is 387 g/mol. The minimum atomic E-state index is -0.583. The lowest BCUT2D eigenvalue weighted by Crippen LogP contribution is -2.50. The number of benzene rings is 1. The third-order valence-electron chi connectivity index (χ3n) is 4.86. The highest BCUT2D eigenvalue weighted by Crippen LogP contribution is 2.27. The number of nitrogens with two attached hydrogens (primary N) is 1. The van der Waals surface area contributed by atoms with Crippen LogP contribution in [0.4, 0.5) is 14.5 Å². The van der Waals surface area contributed by atoms with E-state index in [1.165, 1.54) is 18.2 Å². The van der Waals surface area contributed by atoms with Gasteiger partial charge in [0.25, 0.3) is 0 Å². The van der Waals surface area contributed by atoms with Crippen molar-refractivity contribution in [3.8, 4) is 0 Å². The lowest BCUT2D eigenvalue weighted by atomic mass is 9.91. The average molecular weight is 412 g/mol. The number of nitrogens with one attached hydrogen (secondary N) is 1. The van der Waals surface area contributed by atoms with Crippen LogP contribution in [0.1, 0.15) is 19.3 Å². The van der Waals surface area contributed by atoms with Crippen molar-refractivity contribution in [2.45, 2.75) is 31.3 Å². The molecule has 2 fully saturated rings. The predicted octanol–water partition coefficient (Wildman–Crippen LogP) is 2.26. The van der Waals surface area contributed by atoms with E-state index < -0.39 is 17.7 Å². The molecule has 2 atom stereocenters. The number of rotatable bonds is 4. The minimum absolute atomic E-state index is 0. The smallest absolute Gasteiger partial charge is 0.237 e. The monoisotopic (exact) mass is 411 g/mol. The van der Waals surface area contributed by atoms with Crippen molar-refractivity contribution in [1.29, 1.82) is 0 Å². The zero-order valence-electron chi connectivity index (χ0n) is 14.3. The van der Waals surface area contributed by atoms with Gasteiger partial charge in [0.2, 0.25) is 5.91 Å². The van der Waals surface area contributed by atoms with Crippen molar-refractivity contribution in [2.24, 2.45) is 11.7 Å². The van der Waals surface area contributed by atoms with Gasteiger partial charge in [-0.3, -0.25) is 4.79 Å². The number of ether oxygens (including phenoxy) is 1. The lowest BCUT2D eigenvalue weighted by molar-refractivity contribution is -0.124. The van der Waals surface area contributed by atoms with Gasteiger partial charge < -0.3 is 20.7 Å². The second kappa shape index (κ2) is 10.3. The van der Waals surface area contributed by atoms with Gasteiger partial charge in [-0.25, -0.2) is 8.78 Å². The Balaban J connectivity index is 0.00000169. The van der Waals surface area contributed by atoms with E-state index in [1.54, 1.807) is 4.90 Å². The van der Waals surface area contributed by atoms with Crippen molar-refractivity contribution in [3.63, 3.8) is 0 Å². The van der Waals surface area contributed by atoms with Gasteiger partial charge >= 0.3 is 0 Å². The molecule has 148 valence electrons. The van der Waals surface area contributed by atoms with Crippen LogP contribution >= 0.6 is 24.8 Å². The molecule has 2 unspecified atom stereocenters. The van der Waals surface area contributed by atoms with Crippen LogP contribution in [0.2, 0.25) is 0 Å². The van der Waals surface area contributed by atoms with Crippen molar-refractivity contribution in [3.05, 3.63) is 29.8 Å². The molecular formula is C17H25Cl2F2N3O2. The highest BCUT2D eigenvalue weighted by atomic mass is 35.5. The van der Waals surface area contributed by atoms with Gasteiger partial charge in [0.15, 0.2) is 0 Å². The molecule has 1 aromatic carbocycles. The highest BCUT2D eigenvalue weighted by Gasteiger charge is 2.31. The number of hydrogen-bond donors (Lipinski definition) is 2. The Kier molecular flexibility index (Phi) is 9.03. The Bertz CT molecular complexity index is 583. The van der Waals surface area contributed by atoms with Crippen molar-refractivity contribution in [2.75, 3.05) is 31.2 Å². The van der Waals surface area contributed by atoms with Crippen LogP contribution < -0.4 is 16.0 Å². The maximum atomic E-state index is 13.9. The molecule has 0 bridgehead atoms. The van der Waals surface area contributed by atoms with Crippen LogP contribution in [0.15, 0.2) is 18.2 Å². The van der Waals surface area contributed by atoms with E-state index in [1.807, 2.05) is 0 Å². The highest BCUT2D eigenvalue weighted by molar-refractivity contribution is 5.85. The zero-order chi connectivity index (χ0) is 17.1. The number of hydrogen-bond acceptors (Lipinski definition) is 4. The standard InChI is InChI=1S/C17H23F2N3O2.2ClH/c18-13-2-1-3-14(19)16(13)22-7-4-12(10-22)21-17(23)15(20)11-5-8-24-9-6-11;;/h1-3,11-12,15H,4-10,20H2,(H,21,23);2*1H. The topological polar surface area (TPSA) is 67.6 Å². The first-order valence-electron chi connectivity index (χ1n) is 8.39. The molecule has 0 saturated carbocycles. The summed E-state index contributed by atoms with van der Waals surface area (Å²) in [6, 6.07) is 3.11. The molecule has 0 radical (unpaired) electrons. The molecule has 0 aliphatic carbocycles. The summed E-state index contributed by atoms with van der Waals surface area (Å²) in [5, 5.41) is 2.92. The molecule has 2 heterocycles. The Morgan fingerprint density at radius 3 is 2.42 bits per heavy atom. The molecule has 1 amide bonds. The lowest BCUT2D eigenvalue weighted by Gasteiger charge is -2.28. The molecule has 9 heteroatoms. The fourth-order valence-corrected chi connectivity index (χ4v) is 3.46. The molecule has 5 nitrogen and oxygen atoms in total. The Labute approximate surface area is 164 Å². The van der Waals surface area contributed by atoms with Gasteiger partial charge in [0, 0.05) is 32.3 Å². The van der Waals surface area contributed by atoms with Gasteiger partial charge in [-0.1, -0.05) is 6.07 Å². The minimum Gasteiger partial charge on any atom is -0.381 e. The summed E-state index contributed by atoms with van der Waals surface area (Å²) in [5.41, 5.74) is 6.04. The summed E-state index contributed by atoms with van der Waals surface area (Å²) in [6.07, 6.45) is 2.21. The van der Waals surface area contributed by atoms with E-state index in [-0.39, 0.29) is 48.4 Å². The molecule has 0 spiro atoms. The molecule has 1 aromatic rings. The van der Waals surface area contributed by atoms with Crippen LogP contribution in [0.3, 0.4) is 0 Å². The summed E-state index contributed by atoms with van der Waals surface area (Å²) in [4.78, 5) is 14.0. The maximum absolute atomic E-state index is 13.9. The number of carbonyl (C=O) groups excluding carboxylic acids is 1. The molecule has 26 heavy (non-hydrogen) atoms.